The van der Waals surface area contributed by atoms with Gasteiger partial charge in [0.25, 0.3) is 0 Å². The monoisotopic (exact) mass is 264 g/mol. The number of benzene rings is 1. The zero-order valence-electron chi connectivity index (χ0n) is 11.6. The molecule has 1 aliphatic heterocycles. The van der Waals surface area contributed by atoms with E-state index < -0.39 is 0 Å². The standard InChI is InChI=1S/C16H21FO2/c1-16(2)11-13(8-10-19-16)15(7-9-18)12-3-5-14(17)6-4-12/h3-6,9,13,15H,7-8,10-11H2,1-2H3/t13-,15-/m1/s1. The van der Waals surface area contributed by atoms with Crippen LogP contribution in [-0.4, -0.2) is 18.5 Å². The number of halogens is 1. The third-order valence-corrected chi connectivity index (χ3v) is 3.95. The molecule has 1 aromatic carbocycles. The first-order valence-corrected chi connectivity index (χ1v) is 6.85. The molecule has 1 fully saturated rings. The van der Waals surface area contributed by atoms with Crippen molar-refractivity contribution in [1.29, 1.82) is 0 Å². The summed E-state index contributed by atoms with van der Waals surface area (Å²) < 4.78 is 18.7. The Kier molecular flexibility index (Phi) is 4.35. The molecule has 0 spiro atoms. The lowest BCUT2D eigenvalue weighted by molar-refractivity contribution is -0.109. The zero-order chi connectivity index (χ0) is 13.9. The van der Waals surface area contributed by atoms with E-state index in [9.17, 15) is 9.18 Å². The first-order chi connectivity index (χ1) is 9.02. The van der Waals surface area contributed by atoms with E-state index in [0.717, 1.165) is 31.3 Å². The summed E-state index contributed by atoms with van der Waals surface area (Å²) in [5.41, 5.74) is 0.917. The van der Waals surface area contributed by atoms with E-state index in [1.165, 1.54) is 12.1 Å². The number of carbonyl (C=O) groups is 1. The number of aldehydes is 1. The Morgan fingerprint density at radius 3 is 2.68 bits per heavy atom. The normalized spacial score (nSPS) is 23.8. The van der Waals surface area contributed by atoms with Gasteiger partial charge in [-0.25, -0.2) is 4.39 Å². The van der Waals surface area contributed by atoms with Crippen LogP contribution in [0.5, 0.6) is 0 Å². The van der Waals surface area contributed by atoms with E-state index in [4.69, 9.17) is 4.74 Å². The Morgan fingerprint density at radius 1 is 1.42 bits per heavy atom. The van der Waals surface area contributed by atoms with Gasteiger partial charge in [-0.3, -0.25) is 0 Å². The van der Waals surface area contributed by atoms with Crippen molar-refractivity contribution in [2.24, 2.45) is 5.92 Å². The lowest BCUT2D eigenvalue weighted by Crippen LogP contribution is -2.36. The van der Waals surface area contributed by atoms with Gasteiger partial charge < -0.3 is 9.53 Å². The van der Waals surface area contributed by atoms with Gasteiger partial charge in [-0.05, 0) is 56.2 Å². The minimum Gasteiger partial charge on any atom is -0.376 e. The first kappa shape index (κ1) is 14.2. The van der Waals surface area contributed by atoms with Gasteiger partial charge >= 0.3 is 0 Å². The number of ether oxygens (including phenoxy) is 1. The molecule has 19 heavy (non-hydrogen) atoms. The smallest absolute Gasteiger partial charge is 0.123 e. The van der Waals surface area contributed by atoms with Crippen molar-refractivity contribution in [2.45, 2.75) is 44.6 Å². The molecule has 0 saturated carbocycles. The second kappa shape index (κ2) is 5.83. The summed E-state index contributed by atoms with van der Waals surface area (Å²) in [5, 5.41) is 0. The number of hydrogen-bond donors (Lipinski definition) is 0. The topological polar surface area (TPSA) is 26.3 Å². The highest BCUT2D eigenvalue weighted by atomic mass is 19.1. The van der Waals surface area contributed by atoms with Crippen molar-refractivity contribution in [1.82, 2.24) is 0 Å². The molecule has 2 atom stereocenters. The highest BCUT2D eigenvalue weighted by Crippen LogP contribution is 2.39. The lowest BCUT2D eigenvalue weighted by Gasteiger charge is -2.39. The Labute approximate surface area is 114 Å². The molecule has 104 valence electrons. The summed E-state index contributed by atoms with van der Waals surface area (Å²) in [6.07, 6.45) is 3.35. The molecular weight excluding hydrogens is 243 g/mol. The zero-order valence-corrected chi connectivity index (χ0v) is 11.6. The number of rotatable bonds is 4. The van der Waals surface area contributed by atoms with E-state index in [0.29, 0.717) is 12.3 Å². The Morgan fingerprint density at radius 2 is 2.11 bits per heavy atom. The largest absolute Gasteiger partial charge is 0.376 e. The predicted octanol–water partition coefficient (Wildman–Crippen LogP) is 3.70. The molecule has 2 rings (SSSR count). The minimum atomic E-state index is -0.235. The lowest BCUT2D eigenvalue weighted by atomic mass is 9.75. The second-order valence-corrected chi connectivity index (χ2v) is 5.92. The van der Waals surface area contributed by atoms with Gasteiger partial charge in [0.05, 0.1) is 5.60 Å². The maximum atomic E-state index is 13.0. The molecule has 1 aromatic rings. The maximum absolute atomic E-state index is 13.0. The Hall–Kier alpha value is -1.22. The van der Waals surface area contributed by atoms with Crippen LogP contribution in [0.1, 0.15) is 44.6 Å². The molecule has 3 heteroatoms. The van der Waals surface area contributed by atoms with Crippen molar-refractivity contribution in [3.63, 3.8) is 0 Å². The molecule has 1 heterocycles. The molecule has 0 aliphatic carbocycles. The SMILES string of the molecule is CC1(C)C[C@H]([C@H](CC=O)c2ccc(F)cc2)CCO1. The van der Waals surface area contributed by atoms with Crippen LogP contribution in [-0.2, 0) is 9.53 Å². The van der Waals surface area contributed by atoms with E-state index >= 15 is 0 Å². The predicted molar refractivity (Wildman–Crippen MR) is 72.6 cm³/mol. The Balaban J connectivity index is 2.19. The van der Waals surface area contributed by atoms with Crippen LogP contribution < -0.4 is 0 Å². The summed E-state index contributed by atoms with van der Waals surface area (Å²) >= 11 is 0. The summed E-state index contributed by atoms with van der Waals surface area (Å²) in [5.74, 6) is 0.349. The molecule has 0 radical (unpaired) electrons. The molecular formula is C16H21FO2. The van der Waals surface area contributed by atoms with Gasteiger partial charge in [0, 0.05) is 13.0 Å². The van der Waals surface area contributed by atoms with E-state index in [1.54, 1.807) is 12.1 Å². The number of hydrogen-bond acceptors (Lipinski definition) is 2. The third kappa shape index (κ3) is 3.63. The van der Waals surface area contributed by atoms with Gasteiger partial charge in [0.1, 0.15) is 12.1 Å². The summed E-state index contributed by atoms with van der Waals surface area (Å²) in [4.78, 5) is 11.0. The maximum Gasteiger partial charge on any atom is 0.123 e. The molecule has 0 aromatic heterocycles. The van der Waals surface area contributed by atoms with Gasteiger partial charge in [-0.15, -0.1) is 0 Å². The fourth-order valence-electron chi connectivity index (χ4n) is 3.04. The van der Waals surface area contributed by atoms with Crippen molar-refractivity contribution < 1.29 is 13.9 Å². The van der Waals surface area contributed by atoms with Gasteiger partial charge in [-0.1, -0.05) is 12.1 Å². The van der Waals surface area contributed by atoms with E-state index in [1.807, 2.05) is 0 Å². The molecule has 0 bridgehead atoms. The van der Waals surface area contributed by atoms with Gasteiger partial charge in [0.2, 0.25) is 0 Å². The van der Waals surface area contributed by atoms with Crippen LogP contribution in [0.4, 0.5) is 4.39 Å². The van der Waals surface area contributed by atoms with Gasteiger partial charge in [0.15, 0.2) is 0 Å². The second-order valence-electron chi connectivity index (χ2n) is 5.92. The molecule has 0 amide bonds. The highest BCUT2D eigenvalue weighted by molar-refractivity contribution is 5.52. The molecule has 0 N–H and O–H groups in total. The summed E-state index contributed by atoms with van der Waals surface area (Å²) in [7, 11) is 0. The van der Waals surface area contributed by atoms with Crippen LogP contribution in [0.2, 0.25) is 0 Å². The quantitative estimate of drug-likeness (QED) is 0.775. The van der Waals surface area contributed by atoms with Crippen molar-refractivity contribution >= 4 is 6.29 Å². The van der Waals surface area contributed by atoms with Crippen molar-refractivity contribution in [3.8, 4) is 0 Å². The number of carbonyl (C=O) groups excluding carboxylic acids is 1. The minimum absolute atomic E-state index is 0.135. The van der Waals surface area contributed by atoms with Crippen molar-refractivity contribution in [3.05, 3.63) is 35.6 Å². The summed E-state index contributed by atoms with van der Waals surface area (Å²) in [6.45, 7) is 4.90. The average molecular weight is 264 g/mol. The van der Waals surface area contributed by atoms with Gasteiger partial charge in [-0.2, -0.15) is 0 Å². The van der Waals surface area contributed by atoms with E-state index in [-0.39, 0.29) is 17.3 Å². The fraction of sp³-hybridized carbons (Fsp3) is 0.562. The average Bonchev–Trinajstić information content (AvgIpc) is 2.36. The van der Waals surface area contributed by atoms with Crippen molar-refractivity contribution in [2.75, 3.05) is 6.61 Å². The van der Waals surface area contributed by atoms with Crippen LogP contribution in [0.25, 0.3) is 0 Å². The van der Waals surface area contributed by atoms with Crippen LogP contribution in [0.15, 0.2) is 24.3 Å². The van der Waals surface area contributed by atoms with Crippen LogP contribution in [0, 0.1) is 11.7 Å². The Bertz CT molecular complexity index is 425. The van der Waals surface area contributed by atoms with Crippen LogP contribution in [0.3, 0.4) is 0 Å². The molecule has 1 saturated heterocycles. The fourth-order valence-corrected chi connectivity index (χ4v) is 3.04. The molecule has 1 aliphatic rings. The third-order valence-electron chi connectivity index (χ3n) is 3.95. The van der Waals surface area contributed by atoms with E-state index in [2.05, 4.69) is 13.8 Å². The molecule has 2 nitrogen and oxygen atoms in total. The molecule has 0 unspecified atom stereocenters. The first-order valence-electron chi connectivity index (χ1n) is 6.85. The highest BCUT2D eigenvalue weighted by Gasteiger charge is 2.33. The van der Waals surface area contributed by atoms with Crippen LogP contribution >= 0.6 is 0 Å². The summed E-state index contributed by atoms with van der Waals surface area (Å²) in [6, 6.07) is 6.53.